The van der Waals surface area contributed by atoms with Crippen LogP contribution >= 0.6 is 11.6 Å². The Morgan fingerprint density at radius 3 is 2.52 bits per heavy atom. The van der Waals surface area contributed by atoms with E-state index in [9.17, 15) is 4.79 Å². The summed E-state index contributed by atoms with van der Waals surface area (Å²) in [5, 5.41) is 0.385. The average Bonchev–Trinajstić information content (AvgIpc) is 2.67. The molecule has 1 fully saturated rings. The van der Waals surface area contributed by atoms with Crippen LogP contribution in [-0.2, 0) is 6.61 Å². The predicted octanol–water partition coefficient (Wildman–Crippen LogP) is 4.55. The fraction of sp³-hybridized carbons (Fsp3) is 0.350. The molecule has 1 aliphatic rings. The van der Waals surface area contributed by atoms with Crippen molar-refractivity contribution < 1.29 is 14.3 Å². The standard InChI is InChI=1S/C20H22ClNO3/c1-24-18-13-16(20(23)22-10-6-3-7-11-22)12-17(21)19(18)25-14-15-8-4-2-5-9-15/h2,4-5,8-9,12-13H,3,6-7,10-11,14H2,1H3. The van der Waals surface area contributed by atoms with Crippen LogP contribution in [0.5, 0.6) is 11.5 Å². The molecule has 1 saturated heterocycles. The Labute approximate surface area is 153 Å². The number of methoxy groups -OCH3 is 1. The van der Waals surface area contributed by atoms with Gasteiger partial charge >= 0.3 is 0 Å². The van der Waals surface area contributed by atoms with E-state index in [1.165, 1.54) is 6.42 Å². The van der Waals surface area contributed by atoms with Crippen molar-refractivity contribution in [1.29, 1.82) is 0 Å². The summed E-state index contributed by atoms with van der Waals surface area (Å²) in [6.45, 7) is 1.98. The molecule has 0 N–H and O–H groups in total. The highest BCUT2D eigenvalue weighted by Crippen LogP contribution is 2.37. The third-order valence-electron chi connectivity index (χ3n) is 4.35. The minimum absolute atomic E-state index is 0.00508. The maximum absolute atomic E-state index is 12.7. The highest BCUT2D eigenvalue weighted by atomic mass is 35.5. The van der Waals surface area contributed by atoms with Gasteiger partial charge in [-0.1, -0.05) is 41.9 Å². The molecule has 0 spiro atoms. The second kappa shape index (κ2) is 8.26. The molecule has 25 heavy (non-hydrogen) atoms. The molecule has 0 saturated carbocycles. The zero-order valence-electron chi connectivity index (χ0n) is 14.3. The van der Waals surface area contributed by atoms with Crippen molar-refractivity contribution in [2.75, 3.05) is 20.2 Å². The van der Waals surface area contributed by atoms with E-state index >= 15 is 0 Å². The molecule has 2 aromatic rings. The molecule has 2 aromatic carbocycles. The molecule has 132 valence electrons. The fourth-order valence-corrected chi connectivity index (χ4v) is 3.26. The molecule has 1 amide bonds. The Balaban J connectivity index is 1.79. The lowest BCUT2D eigenvalue weighted by Gasteiger charge is -2.27. The van der Waals surface area contributed by atoms with Crippen LogP contribution in [0.4, 0.5) is 0 Å². The number of carbonyl (C=O) groups excluding carboxylic acids is 1. The van der Waals surface area contributed by atoms with Gasteiger partial charge in [-0.3, -0.25) is 4.79 Å². The zero-order valence-corrected chi connectivity index (χ0v) is 15.1. The van der Waals surface area contributed by atoms with Crippen molar-refractivity contribution >= 4 is 17.5 Å². The van der Waals surface area contributed by atoms with E-state index in [4.69, 9.17) is 21.1 Å². The van der Waals surface area contributed by atoms with Crippen molar-refractivity contribution in [2.24, 2.45) is 0 Å². The van der Waals surface area contributed by atoms with Crippen molar-refractivity contribution in [3.63, 3.8) is 0 Å². The van der Waals surface area contributed by atoms with Crippen LogP contribution in [0.2, 0.25) is 5.02 Å². The number of piperidine rings is 1. The number of benzene rings is 2. The molecule has 3 rings (SSSR count). The summed E-state index contributed by atoms with van der Waals surface area (Å²) in [5.41, 5.74) is 1.57. The van der Waals surface area contributed by atoms with E-state index in [2.05, 4.69) is 0 Å². The largest absolute Gasteiger partial charge is 0.493 e. The molecule has 0 aliphatic carbocycles. The fourth-order valence-electron chi connectivity index (χ4n) is 2.99. The van der Waals surface area contributed by atoms with Crippen LogP contribution in [0.15, 0.2) is 42.5 Å². The Morgan fingerprint density at radius 2 is 1.84 bits per heavy atom. The molecule has 0 radical (unpaired) electrons. The Morgan fingerprint density at radius 1 is 1.12 bits per heavy atom. The molecule has 4 nitrogen and oxygen atoms in total. The number of rotatable bonds is 5. The van der Waals surface area contributed by atoms with E-state index in [1.54, 1.807) is 19.2 Å². The zero-order chi connectivity index (χ0) is 17.6. The van der Waals surface area contributed by atoms with Crippen LogP contribution in [-0.4, -0.2) is 31.0 Å². The van der Waals surface area contributed by atoms with Gasteiger partial charge in [-0.2, -0.15) is 0 Å². The summed E-state index contributed by atoms with van der Waals surface area (Å²) in [6.07, 6.45) is 3.28. The van der Waals surface area contributed by atoms with Gasteiger partial charge in [0.25, 0.3) is 5.91 Å². The van der Waals surface area contributed by atoms with Crippen LogP contribution in [0.3, 0.4) is 0 Å². The number of likely N-dealkylation sites (tertiary alicyclic amines) is 1. The number of halogens is 1. The third kappa shape index (κ3) is 4.26. The molecule has 1 heterocycles. The molecule has 1 aliphatic heterocycles. The van der Waals surface area contributed by atoms with Gasteiger partial charge in [0.15, 0.2) is 11.5 Å². The first-order valence-electron chi connectivity index (χ1n) is 8.52. The highest BCUT2D eigenvalue weighted by Gasteiger charge is 2.21. The maximum Gasteiger partial charge on any atom is 0.254 e. The Bertz CT molecular complexity index is 727. The minimum Gasteiger partial charge on any atom is -0.493 e. The SMILES string of the molecule is COc1cc(C(=O)N2CCCCC2)cc(Cl)c1OCc1ccccc1. The number of ether oxygens (including phenoxy) is 2. The highest BCUT2D eigenvalue weighted by molar-refractivity contribution is 6.32. The Kier molecular flexibility index (Phi) is 5.82. The number of hydrogen-bond donors (Lipinski definition) is 0. The van der Waals surface area contributed by atoms with Crippen LogP contribution < -0.4 is 9.47 Å². The third-order valence-corrected chi connectivity index (χ3v) is 4.63. The lowest BCUT2D eigenvalue weighted by Crippen LogP contribution is -2.35. The second-order valence-corrected chi connectivity index (χ2v) is 6.52. The van der Waals surface area contributed by atoms with Crippen molar-refractivity contribution in [1.82, 2.24) is 4.90 Å². The molecule has 0 bridgehead atoms. The first-order chi connectivity index (χ1) is 12.2. The van der Waals surface area contributed by atoms with Crippen LogP contribution in [0.25, 0.3) is 0 Å². The van der Waals surface area contributed by atoms with Gasteiger partial charge in [-0.25, -0.2) is 0 Å². The van der Waals surface area contributed by atoms with E-state index < -0.39 is 0 Å². The molecule has 0 unspecified atom stereocenters. The van der Waals surface area contributed by atoms with Crippen molar-refractivity contribution in [3.05, 3.63) is 58.6 Å². The van der Waals surface area contributed by atoms with Crippen molar-refractivity contribution in [2.45, 2.75) is 25.9 Å². The van der Waals surface area contributed by atoms with Gasteiger partial charge in [0.1, 0.15) is 6.61 Å². The smallest absolute Gasteiger partial charge is 0.254 e. The summed E-state index contributed by atoms with van der Waals surface area (Å²) in [7, 11) is 1.55. The normalized spacial score (nSPS) is 14.2. The molecule has 5 heteroatoms. The summed E-state index contributed by atoms with van der Waals surface area (Å²) >= 11 is 6.39. The summed E-state index contributed by atoms with van der Waals surface area (Å²) in [4.78, 5) is 14.6. The van der Waals surface area contributed by atoms with Gasteiger partial charge in [0.05, 0.1) is 12.1 Å². The quantitative estimate of drug-likeness (QED) is 0.785. The minimum atomic E-state index is -0.00508. The topological polar surface area (TPSA) is 38.8 Å². The summed E-state index contributed by atoms with van der Waals surface area (Å²) in [5.74, 6) is 0.932. The number of amides is 1. The summed E-state index contributed by atoms with van der Waals surface area (Å²) in [6, 6.07) is 13.2. The Hall–Kier alpha value is -2.20. The first kappa shape index (κ1) is 17.6. The molecular formula is C20H22ClNO3. The van der Waals surface area contributed by atoms with E-state index in [0.717, 1.165) is 31.5 Å². The van der Waals surface area contributed by atoms with Gasteiger partial charge in [0.2, 0.25) is 0 Å². The number of carbonyl (C=O) groups is 1. The molecule has 0 aromatic heterocycles. The van der Waals surface area contributed by atoms with Gasteiger partial charge in [0, 0.05) is 18.7 Å². The second-order valence-electron chi connectivity index (χ2n) is 6.12. The summed E-state index contributed by atoms with van der Waals surface area (Å²) < 4.78 is 11.3. The van der Waals surface area contributed by atoms with Crippen LogP contribution in [0, 0.1) is 0 Å². The molecule has 0 atom stereocenters. The first-order valence-corrected chi connectivity index (χ1v) is 8.90. The lowest BCUT2D eigenvalue weighted by atomic mass is 10.1. The van der Waals surface area contributed by atoms with Crippen molar-refractivity contribution in [3.8, 4) is 11.5 Å². The molecular weight excluding hydrogens is 338 g/mol. The predicted molar refractivity (Wildman–Crippen MR) is 98.5 cm³/mol. The van der Waals surface area contributed by atoms with Gasteiger partial charge < -0.3 is 14.4 Å². The van der Waals surface area contributed by atoms with Gasteiger partial charge in [-0.15, -0.1) is 0 Å². The maximum atomic E-state index is 12.7. The van der Waals surface area contributed by atoms with Crippen LogP contribution in [0.1, 0.15) is 35.2 Å². The number of nitrogens with zero attached hydrogens (tertiary/aromatic N) is 1. The average molecular weight is 360 g/mol. The monoisotopic (exact) mass is 359 g/mol. The van der Waals surface area contributed by atoms with E-state index in [0.29, 0.717) is 28.7 Å². The van der Waals surface area contributed by atoms with E-state index in [-0.39, 0.29) is 5.91 Å². The van der Waals surface area contributed by atoms with E-state index in [1.807, 2.05) is 35.2 Å². The van der Waals surface area contributed by atoms with Gasteiger partial charge in [-0.05, 0) is 37.0 Å². The lowest BCUT2D eigenvalue weighted by molar-refractivity contribution is 0.0724. The number of hydrogen-bond acceptors (Lipinski definition) is 3.